The summed E-state index contributed by atoms with van der Waals surface area (Å²) in [6.07, 6.45) is 17.4. The molecule has 0 aromatic heterocycles. The molecule has 0 aromatic rings. The molecule has 0 radical (unpaired) electrons. The van der Waals surface area contributed by atoms with Crippen LogP contribution in [0.3, 0.4) is 0 Å². The summed E-state index contributed by atoms with van der Waals surface area (Å²) in [7, 11) is 0. The number of hydrogen-bond acceptors (Lipinski definition) is 5. The Labute approximate surface area is 180 Å². The largest absolute Gasteiger partial charge is 0.466 e. The molecule has 5 nitrogen and oxygen atoms in total. The van der Waals surface area contributed by atoms with Crippen molar-refractivity contribution in [2.75, 3.05) is 26.4 Å². The van der Waals surface area contributed by atoms with Crippen LogP contribution in [0.1, 0.15) is 117 Å². The van der Waals surface area contributed by atoms with Crippen molar-refractivity contribution in [3.05, 3.63) is 0 Å². The van der Waals surface area contributed by atoms with Crippen LogP contribution in [0.5, 0.6) is 0 Å². The molecule has 3 N–H and O–H groups in total. The number of esters is 1. The minimum atomic E-state index is -0.667. The molecule has 0 bridgehead atoms. The van der Waals surface area contributed by atoms with Gasteiger partial charge in [0.25, 0.3) is 0 Å². The Morgan fingerprint density at radius 1 is 0.655 bits per heavy atom. The third kappa shape index (κ3) is 20.4. The minimum Gasteiger partial charge on any atom is -0.466 e. The standard InChI is InChI=1S/C18H36O2.C6H14O3/c1-3-5-7-9-11-12-14-16-18(19)20-17-15-13-10-8-6-4-2;1-2-6(3-7,4-8)5-9/h3-17H2,1-2H3;7-9H,2-5H2,1H3. The highest BCUT2D eigenvalue weighted by atomic mass is 16.5. The van der Waals surface area contributed by atoms with E-state index in [1.54, 1.807) is 0 Å². The van der Waals surface area contributed by atoms with Crippen LogP contribution < -0.4 is 0 Å². The van der Waals surface area contributed by atoms with Crippen molar-refractivity contribution in [1.29, 1.82) is 0 Å². The quantitative estimate of drug-likeness (QED) is 0.193. The maximum absolute atomic E-state index is 11.5. The first-order chi connectivity index (χ1) is 14.1. The lowest BCUT2D eigenvalue weighted by Crippen LogP contribution is -2.32. The SMILES string of the molecule is CCC(CO)(CO)CO.CCCCCCCCCC(=O)OCCCCCCCC. The highest BCUT2D eigenvalue weighted by molar-refractivity contribution is 5.69. The van der Waals surface area contributed by atoms with Gasteiger partial charge in [0, 0.05) is 11.8 Å². The lowest BCUT2D eigenvalue weighted by Gasteiger charge is -2.24. The molecule has 0 aliphatic rings. The van der Waals surface area contributed by atoms with Crippen molar-refractivity contribution in [2.24, 2.45) is 5.41 Å². The summed E-state index contributed by atoms with van der Waals surface area (Å²) in [6, 6.07) is 0. The first kappa shape index (κ1) is 30.5. The molecule has 0 atom stereocenters. The van der Waals surface area contributed by atoms with Gasteiger partial charge in [0.05, 0.1) is 26.4 Å². The van der Waals surface area contributed by atoms with Gasteiger partial charge in [-0.05, 0) is 19.3 Å². The van der Waals surface area contributed by atoms with E-state index < -0.39 is 5.41 Å². The van der Waals surface area contributed by atoms with Crippen molar-refractivity contribution in [3.8, 4) is 0 Å². The Balaban J connectivity index is 0. The van der Waals surface area contributed by atoms with Crippen LogP contribution in [-0.2, 0) is 9.53 Å². The third-order valence-corrected chi connectivity index (χ3v) is 5.50. The van der Waals surface area contributed by atoms with E-state index in [4.69, 9.17) is 20.1 Å². The maximum Gasteiger partial charge on any atom is 0.305 e. The molecule has 0 aliphatic carbocycles. The summed E-state index contributed by atoms with van der Waals surface area (Å²) >= 11 is 0. The van der Waals surface area contributed by atoms with Crippen molar-refractivity contribution >= 4 is 5.97 Å². The van der Waals surface area contributed by atoms with Gasteiger partial charge < -0.3 is 20.1 Å². The fraction of sp³-hybridized carbons (Fsp3) is 0.958. The van der Waals surface area contributed by atoms with Crippen LogP contribution >= 0.6 is 0 Å². The maximum atomic E-state index is 11.5. The first-order valence-corrected chi connectivity index (χ1v) is 12.0. The van der Waals surface area contributed by atoms with Gasteiger partial charge in [0.1, 0.15) is 0 Å². The number of hydrogen-bond donors (Lipinski definition) is 3. The summed E-state index contributed by atoms with van der Waals surface area (Å²) in [5.41, 5.74) is -0.667. The molecule has 29 heavy (non-hydrogen) atoms. The number of aliphatic hydroxyl groups is 3. The van der Waals surface area contributed by atoms with Crippen LogP contribution in [0.25, 0.3) is 0 Å². The molecule has 176 valence electrons. The molecular weight excluding hydrogens is 368 g/mol. The van der Waals surface area contributed by atoms with Gasteiger partial charge in [0.2, 0.25) is 0 Å². The molecule has 0 amide bonds. The molecule has 0 spiro atoms. The van der Waals surface area contributed by atoms with Gasteiger partial charge in [-0.15, -0.1) is 0 Å². The third-order valence-electron chi connectivity index (χ3n) is 5.50. The fourth-order valence-electron chi connectivity index (χ4n) is 2.85. The number of carbonyl (C=O) groups excluding carboxylic acids is 1. The predicted molar refractivity (Wildman–Crippen MR) is 121 cm³/mol. The molecule has 0 fully saturated rings. The molecular formula is C24H50O5. The second-order valence-corrected chi connectivity index (χ2v) is 8.19. The van der Waals surface area contributed by atoms with Crippen LogP contribution in [0, 0.1) is 5.41 Å². The minimum absolute atomic E-state index is 0.00659. The van der Waals surface area contributed by atoms with Crippen LogP contribution in [0.4, 0.5) is 0 Å². The lowest BCUT2D eigenvalue weighted by atomic mass is 9.88. The molecule has 5 heteroatoms. The second-order valence-electron chi connectivity index (χ2n) is 8.19. The van der Waals surface area contributed by atoms with E-state index in [0.717, 1.165) is 12.8 Å². The van der Waals surface area contributed by atoms with Crippen molar-refractivity contribution in [1.82, 2.24) is 0 Å². The van der Waals surface area contributed by atoms with Crippen LogP contribution in [0.15, 0.2) is 0 Å². The van der Waals surface area contributed by atoms with Gasteiger partial charge in [-0.2, -0.15) is 0 Å². The number of carbonyl (C=O) groups is 1. The van der Waals surface area contributed by atoms with Crippen LogP contribution in [-0.4, -0.2) is 47.7 Å². The highest BCUT2D eigenvalue weighted by Gasteiger charge is 2.24. The summed E-state index contributed by atoms with van der Waals surface area (Å²) in [6.45, 7) is 6.44. The zero-order chi connectivity index (χ0) is 22.2. The van der Waals surface area contributed by atoms with E-state index >= 15 is 0 Å². The Kier molecular flexibility index (Phi) is 24.9. The predicted octanol–water partition coefficient (Wildman–Crippen LogP) is 5.39. The summed E-state index contributed by atoms with van der Waals surface area (Å²) in [5, 5.41) is 26.0. The second kappa shape index (κ2) is 23.6. The normalized spacial score (nSPS) is 11.1. The van der Waals surface area contributed by atoms with Gasteiger partial charge in [-0.3, -0.25) is 4.79 Å². The molecule has 0 saturated heterocycles. The molecule has 0 aliphatic heterocycles. The molecule has 0 rings (SSSR count). The summed E-state index contributed by atoms with van der Waals surface area (Å²) in [5.74, 6) is 0.00659. The Morgan fingerprint density at radius 3 is 1.45 bits per heavy atom. The van der Waals surface area contributed by atoms with Gasteiger partial charge in [0.15, 0.2) is 0 Å². The number of aliphatic hydroxyl groups excluding tert-OH is 3. The van der Waals surface area contributed by atoms with E-state index in [0.29, 0.717) is 19.4 Å². The Morgan fingerprint density at radius 2 is 1.07 bits per heavy atom. The monoisotopic (exact) mass is 418 g/mol. The molecule has 0 unspecified atom stereocenters. The van der Waals surface area contributed by atoms with Crippen molar-refractivity contribution in [2.45, 2.75) is 117 Å². The van der Waals surface area contributed by atoms with Crippen molar-refractivity contribution < 1.29 is 24.9 Å². The Bertz CT molecular complexity index is 292. The van der Waals surface area contributed by atoms with E-state index in [1.807, 2.05) is 6.92 Å². The van der Waals surface area contributed by atoms with Gasteiger partial charge >= 0.3 is 5.97 Å². The van der Waals surface area contributed by atoms with E-state index in [9.17, 15) is 4.79 Å². The first-order valence-electron chi connectivity index (χ1n) is 12.0. The summed E-state index contributed by atoms with van der Waals surface area (Å²) in [4.78, 5) is 11.5. The Hall–Kier alpha value is -0.650. The average molecular weight is 419 g/mol. The van der Waals surface area contributed by atoms with E-state index in [1.165, 1.54) is 70.6 Å². The highest BCUT2D eigenvalue weighted by Crippen LogP contribution is 2.18. The lowest BCUT2D eigenvalue weighted by molar-refractivity contribution is -0.143. The van der Waals surface area contributed by atoms with Gasteiger partial charge in [-0.25, -0.2) is 0 Å². The molecule has 0 aromatic carbocycles. The fourth-order valence-corrected chi connectivity index (χ4v) is 2.85. The number of ether oxygens (including phenoxy) is 1. The average Bonchev–Trinajstić information content (AvgIpc) is 2.75. The molecule has 0 heterocycles. The number of rotatable bonds is 19. The van der Waals surface area contributed by atoms with E-state index in [-0.39, 0.29) is 25.8 Å². The molecule has 0 saturated carbocycles. The van der Waals surface area contributed by atoms with Crippen molar-refractivity contribution in [3.63, 3.8) is 0 Å². The van der Waals surface area contributed by atoms with Gasteiger partial charge in [-0.1, -0.05) is 91.4 Å². The number of unbranched alkanes of at least 4 members (excludes halogenated alkanes) is 11. The zero-order valence-corrected chi connectivity index (χ0v) is 19.6. The zero-order valence-electron chi connectivity index (χ0n) is 19.6. The van der Waals surface area contributed by atoms with E-state index in [2.05, 4.69) is 13.8 Å². The van der Waals surface area contributed by atoms with Crippen LogP contribution in [0.2, 0.25) is 0 Å². The summed E-state index contributed by atoms with van der Waals surface area (Å²) < 4.78 is 5.25. The smallest absolute Gasteiger partial charge is 0.305 e. The topological polar surface area (TPSA) is 87.0 Å².